The van der Waals surface area contributed by atoms with Gasteiger partial charge in [-0.3, -0.25) is 4.79 Å². The summed E-state index contributed by atoms with van der Waals surface area (Å²) in [6.45, 7) is 5.88. The fourth-order valence-electron chi connectivity index (χ4n) is 3.58. The van der Waals surface area contributed by atoms with Crippen molar-refractivity contribution in [1.29, 1.82) is 0 Å². The van der Waals surface area contributed by atoms with Crippen LogP contribution >= 0.6 is 0 Å². The molecule has 1 saturated heterocycles. The van der Waals surface area contributed by atoms with Gasteiger partial charge in [-0.2, -0.15) is 5.10 Å². The van der Waals surface area contributed by atoms with Gasteiger partial charge >= 0.3 is 0 Å². The summed E-state index contributed by atoms with van der Waals surface area (Å²) in [5.41, 5.74) is 2.20. The predicted octanol–water partition coefficient (Wildman–Crippen LogP) is 2.73. The zero-order valence-electron chi connectivity index (χ0n) is 15.1. The van der Waals surface area contributed by atoms with Crippen molar-refractivity contribution in [3.05, 3.63) is 40.6 Å². The molecule has 0 spiro atoms. The molecule has 1 aliphatic heterocycles. The number of nitrogens with one attached hydrogen (secondary N) is 1. The summed E-state index contributed by atoms with van der Waals surface area (Å²) in [4.78, 5) is 23.4. The third-order valence-electron chi connectivity index (χ3n) is 5.16. The third-order valence-corrected chi connectivity index (χ3v) is 5.16. The highest BCUT2D eigenvalue weighted by molar-refractivity contribution is 5.79. The fourth-order valence-corrected chi connectivity index (χ4v) is 3.58. The van der Waals surface area contributed by atoms with Crippen LogP contribution in [0.15, 0.2) is 29.2 Å². The van der Waals surface area contributed by atoms with Gasteiger partial charge in [0.05, 0.1) is 23.3 Å². The van der Waals surface area contributed by atoms with E-state index in [1.54, 1.807) is 0 Å². The molecule has 0 bridgehead atoms. The Labute approximate surface area is 151 Å². The van der Waals surface area contributed by atoms with Crippen molar-refractivity contribution >= 4 is 11.0 Å². The summed E-state index contributed by atoms with van der Waals surface area (Å²) >= 11 is 0. The maximum atomic E-state index is 11.6. The molecule has 7 heteroatoms. The first-order valence-electron chi connectivity index (χ1n) is 9.18. The lowest BCUT2D eigenvalue weighted by molar-refractivity contribution is 0.0497. The van der Waals surface area contributed by atoms with Crippen LogP contribution in [0.3, 0.4) is 0 Å². The number of aromatic amines is 1. The molecule has 7 nitrogen and oxygen atoms in total. The Morgan fingerprint density at radius 2 is 2.15 bits per heavy atom. The van der Waals surface area contributed by atoms with Gasteiger partial charge in [0.2, 0.25) is 0 Å². The molecule has 2 aromatic heterocycles. The van der Waals surface area contributed by atoms with Crippen molar-refractivity contribution in [3.63, 3.8) is 0 Å². The van der Waals surface area contributed by atoms with Crippen molar-refractivity contribution in [2.24, 2.45) is 5.92 Å². The van der Waals surface area contributed by atoms with E-state index in [9.17, 15) is 4.79 Å². The first-order chi connectivity index (χ1) is 12.7. The van der Waals surface area contributed by atoms with Gasteiger partial charge in [-0.25, -0.2) is 14.6 Å². The number of aromatic nitrogens is 5. The predicted molar refractivity (Wildman–Crippen MR) is 99.0 cm³/mol. The van der Waals surface area contributed by atoms with Gasteiger partial charge in [0, 0.05) is 25.2 Å². The third kappa shape index (κ3) is 3.14. The van der Waals surface area contributed by atoms with Crippen molar-refractivity contribution in [2.75, 3.05) is 13.2 Å². The Morgan fingerprint density at radius 1 is 1.35 bits per heavy atom. The summed E-state index contributed by atoms with van der Waals surface area (Å²) in [6.07, 6.45) is 4.16. The molecular weight excluding hydrogens is 330 g/mol. The van der Waals surface area contributed by atoms with Crippen LogP contribution in [0.5, 0.6) is 0 Å². The van der Waals surface area contributed by atoms with Crippen LogP contribution in [0.25, 0.3) is 22.4 Å². The van der Waals surface area contributed by atoms with Crippen LogP contribution in [-0.2, 0) is 11.2 Å². The van der Waals surface area contributed by atoms with E-state index in [0.717, 1.165) is 55.2 Å². The summed E-state index contributed by atoms with van der Waals surface area (Å²) in [5.74, 6) is 2.20. The van der Waals surface area contributed by atoms with Gasteiger partial charge in [-0.1, -0.05) is 6.92 Å². The number of benzene rings is 1. The van der Waals surface area contributed by atoms with E-state index >= 15 is 0 Å². The SMILES string of the molecule is CCc1nc(-c2ccc3ncc(=O)[nH]c3c2)n(C(C)C2CCOCC2)n1. The molecule has 0 saturated carbocycles. The number of hydrogen-bond donors (Lipinski definition) is 1. The van der Waals surface area contributed by atoms with Crippen molar-refractivity contribution in [1.82, 2.24) is 24.7 Å². The highest BCUT2D eigenvalue weighted by atomic mass is 16.5. The number of nitrogens with zero attached hydrogens (tertiary/aromatic N) is 4. The lowest BCUT2D eigenvalue weighted by Crippen LogP contribution is -2.25. The van der Waals surface area contributed by atoms with Gasteiger partial charge in [-0.05, 0) is 43.9 Å². The van der Waals surface area contributed by atoms with Gasteiger partial charge < -0.3 is 9.72 Å². The molecule has 0 radical (unpaired) electrons. The van der Waals surface area contributed by atoms with Crippen molar-refractivity contribution < 1.29 is 4.74 Å². The first-order valence-corrected chi connectivity index (χ1v) is 9.18. The summed E-state index contributed by atoms with van der Waals surface area (Å²) in [7, 11) is 0. The van der Waals surface area contributed by atoms with Crippen LogP contribution in [0, 0.1) is 5.92 Å². The van der Waals surface area contributed by atoms with Crippen molar-refractivity contribution in [3.8, 4) is 11.4 Å². The van der Waals surface area contributed by atoms with E-state index in [-0.39, 0.29) is 11.6 Å². The number of fused-ring (bicyclic) bond motifs is 1. The molecule has 1 aromatic carbocycles. The molecule has 1 unspecified atom stereocenters. The topological polar surface area (TPSA) is 85.7 Å². The summed E-state index contributed by atoms with van der Waals surface area (Å²) in [6, 6.07) is 6.07. The molecule has 0 amide bonds. The van der Waals surface area contributed by atoms with E-state index in [2.05, 4.69) is 23.8 Å². The van der Waals surface area contributed by atoms with Crippen LogP contribution < -0.4 is 5.56 Å². The Morgan fingerprint density at radius 3 is 2.92 bits per heavy atom. The average molecular weight is 353 g/mol. The van der Waals surface area contributed by atoms with Crippen LogP contribution in [0.1, 0.15) is 38.6 Å². The number of H-pyrrole nitrogens is 1. The maximum Gasteiger partial charge on any atom is 0.266 e. The molecule has 26 heavy (non-hydrogen) atoms. The monoisotopic (exact) mass is 353 g/mol. The highest BCUT2D eigenvalue weighted by Crippen LogP contribution is 2.31. The molecule has 1 aliphatic rings. The largest absolute Gasteiger partial charge is 0.381 e. The van der Waals surface area contributed by atoms with Gasteiger partial charge in [0.15, 0.2) is 11.6 Å². The Bertz CT molecular complexity index is 971. The molecule has 3 aromatic rings. The van der Waals surface area contributed by atoms with Gasteiger partial charge in [0.25, 0.3) is 5.56 Å². The molecule has 1 N–H and O–H groups in total. The number of ether oxygens (including phenoxy) is 1. The van der Waals surface area contributed by atoms with E-state index in [4.69, 9.17) is 14.8 Å². The lowest BCUT2D eigenvalue weighted by atomic mass is 9.93. The first kappa shape index (κ1) is 16.9. The van der Waals surface area contributed by atoms with Crippen molar-refractivity contribution in [2.45, 2.75) is 39.2 Å². The molecule has 0 aliphatic carbocycles. The quantitative estimate of drug-likeness (QED) is 0.779. The standard InChI is InChI=1S/C19H23N5O2/c1-3-17-22-19(24(23-17)12(2)13-6-8-26-9-7-13)14-4-5-15-16(10-14)21-18(25)11-20-15/h4-5,10-13H,3,6-9H2,1-2H3,(H,21,25). The fraction of sp³-hybridized carbons (Fsp3) is 0.474. The number of hydrogen-bond acceptors (Lipinski definition) is 5. The van der Waals surface area contributed by atoms with E-state index in [0.29, 0.717) is 11.4 Å². The second kappa shape index (κ2) is 6.99. The average Bonchev–Trinajstić information content (AvgIpc) is 3.12. The smallest absolute Gasteiger partial charge is 0.266 e. The molecule has 4 rings (SSSR count). The zero-order chi connectivity index (χ0) is 18.1. The van der Waals surface area contributed by atoms with Crippen LogP contribution in [0.2, 0.25) is 0 Å². The molecule has 136 valence electrons. The maximum absolute atomic E-state index is 11.6. The van der Waals surface area contributed by atoms with E-state index < -0.39 is 0 Å². The van der Waals surface area contributed by atoms with E-state index in [1.807, 2.05) is 22.9 Å². The van der Waals surface area contributed by atoms with E-state index in [1.165, 1.54) is 6.20 Å². The van der Waals surface area contributed by atoms with Gasteiger partial charge in [0.1, 0.15) is 0 Å². The second-order valence-electron chi connectivity index (χ2n) is 6.82. The minimum Gasteiger partial charge on any atom is -0.381 e. The van der Waals surface area contributed by atoms with Crippen LogP contribution in [0.4, 0.5) is 0 Å². The van der Waals surface area contributed by atoms with Crippen LogP contribution in [-0.4, -0.2) is 37.9 Å². The molecular formula is C19H23N5O2. The minimum absolute atomic E-state index is 0.207. The normalized spacial score (nSPS) is 16.8. The highest BCUT2D eigenvalue weighted by Gasteiger charge is 2.25. The number of aryl methyl sites for hydroxylation is 1. The Hall–Kier alpha value is -2.54. The summed E-state index contributed by atoms with van der Waals surface area (Å²) < 4.78 is 7.55. The Balaban J connectivity index is 1.78. The summed E-state index contributed by atoms with van der Waals surface area (Å²) in [5, 5.41) is 4.75. The Kier molecular flexibility index (Phi) is 4.55. The minimum atomic E-state index is -0.207. The lowest BCUT2D eigenvalue weighted by Gasteiger charge is -2.28. The second-order valence-corrected chi connectivity index (χ2v) is 6.82. The zero-order valence-corrected chi connectivity index (χ0v) is 15.1. The molecule has 1 fully saturated rings. The molecule has 1 atom stereocenters. The molecule has 3 heterocycles. The number of rotatable bonds is 4. The van der Waals surface area contributed by atoms with Gasteiger partial charge in [-0.15, -0.1) is 0 Å².